The summed E-state index contributed by atoms with van der Waals surface area (Å²) in [6.07, 6.45) is 7.57. The lowest BCUT2D eigenvalue weighted by Gasteiger charge is -2.30. The Labute approximate surface area is 131 Å². The molecule has 1 aliphatic carbocycles. The zero-order valence-corrected chi connectivity index (χ0v) is 14.0. The third-order valence-corrected chi connectivity index (χ3v) is 5.90. The number of nitrogens with one attached hydrogen (secondary N) is 1. The zero-order chi connectivity index (χ0) is 14.7. The third kappa shape index (κ3) is 3.41. The molecular formula is C16H27N3OS. The van der Waals surface area contributed by atoms with Gasteiger partial charge in [0.1, 0.15) is 0 Å². The highest BCUT2D eigenvalue weighted by molar-refractivity contribution is 7.15. The number of hydrogen-bond acceptors (Lipinski definition) is 5. The van der Waals surface area contributed by atoms with Crippen LogP contribution in [0, 0.1) is 0 Å². The van der Waals surface area contributed by atoms with Gasteiger partial charge in [0, 0.05) is 31.1 Å². The van der Waals surface area contributed by atoms with Gasteiger partial charge in [0.15, 0.2) is 5.13 Å². The van der Waals surface area contributed by atoms with Crippen LogP contribution in [0.25, 0.3) is 0 Å². The van der Waals surface area contributed by atoms with Crippen molar-refractivity contribution in [2.75, 3.05) is 31.6 Å². The second-order valence-corrected chi connectivity index (χ2v) is 7.14. The first-order chi connectivity index (χ1) is 10.3. The van der Waals surface area contributed by atoms with Gasteiger partial charge in [0.25, 0.3) is 0 Å². The summed E-state index contributed by atoms with van der Waals surface area (Å²) in [6.45, 7) is 5.50. The molecule has 1 aliphatic heterocycles. The summed E-state index contributed by atoms with van der Waals surface area (Å²) in [5, 5.41) is 4.93. The van der Waals surface area contributed by atoms with Gasteiger partial charge in [-0.05, 0) is 45.1 Å². The summed E-state index contributed by atoms with van der Waals surface area (Å²) in [5.74, 6) is 0. The van der Waals surface area contributed by atoms with Crippen LogP contribution < -0.4 is 10.2 Å². The van der Waals surface area contributed by atoms with Gasteiger partial charge in [-0.2, -0.15) is 0 Å². The molecule has 2 heterocycles. The minimum Gasteiger partial charge on any atom is -0.381 e. The Bertz CT molecular complexity index is 454. The molecule has 1 unspecified atom stereocenters. The molecule has 1 fully saturated rings. The molecule has 0 saturated carbocycles. The highest BCUT2D eigenvalue weighted by Crippen LogP contribution is 2.38. The smallest absolute Gasteiger partial charge is 0.185 e. The Balaban J connectivity index is 1.69. The van der Waals surface area contributed by atoms with Crippen molar-refractivity contribution in [3.63, 3.8) is 0 Å². The normalized spacial score (nSPS) is 23.3. The minimum atomic E-state index is 0.440. The molecule has 1 atom stereocenters. The molecule has 1 aromatic heterocycles. The lowest BCUT2D eigenvalue weighted by molar-refractivity contribution is 0.0819. The average Bonchev–Trinajstić information content (AvgIpc) is 2.97. The van der Waals surface area contributed by atoms with Crippen molar-refractivity contribution in [3.05, 3.63) is 10.6 Å². The van der Waals surface area contributed by atoms with Crippen molar-refractivity contribution in [2.45, 2.75) is 57.6 Å². The predicted molar refractivity (Wildman–Crippen MR) is 88.3 cm³/mol. The molecule has 1 saturated heterocycles. The monoisotopic (exact) mass is 309 g/mol. The fraction of sp³-hybridized carbons (Fsp3) is 0.812. The highest BCUT2D eigenvalue weighted by atomic mass is 32.1. The zero-order valence-electron chi connectivity index (χ0n) is 13.2. The molecular weight excluding hydrogens is 282 g/mol. The molecule has 3 rings (SSSR count). The van der Waals surface area contributed by atoms with Crippen LogP contribution in [0.3, 0.4) is 0 Å². The third-order valence-electron chi connectivity index (χ3n) is 4.63. The number of nitrogens with zero attached hydrogens (tertiary/aromatic N) is 2. The number of ether oxygens (including phenoxy) is 1. The molecule has 4 nitrogen and oxygen atoms in total. The second-order valence-electron chi connectivity index (χ2n) is 6.13. The number of aryl methyl sites for hydroxylation is 1. The van der Waals surface area contributed by atoms with Gasteiger partial charge in [-0.15, -0.1) is 0 Å². The van der Waals surface area contributed by atoms with E-state index in [-0.39, 0.29) is 0 Å². The van der Waals surface area contributed by atoms with E-state index in [1.54, 1.807) is 0 Å². The Hall–Kier alpha value is -0.650. The first-order valence-corrected chi connectivity index (χ1v) is 9.14. The van der Waals surface area contributed by atoms with E-state index < -0.39 is 0 Å². The summed E-state index contributed by atoms with van der Waals surface area (Å²) >= 11 is 1.92. The largest absolute Gasteiger partial charge is 0.381 e. The number of methoxy groups -OCH3 is 1. The predicted octanol–water partition coefficient (Wildman–Crippen LogP) is 3.14. The lowest BCUT2D eigenvalue weighted by atomic mass is 9.98. The summed E-state index contributed by atoms with van der Waals surface area (Å²) in [4.78, 5) is 8.90. The first-order valence-electron chi connectivity index (χ1n) is 8.32. The van der Waals surface area contributed by atoms with Crippen LogP contribution in [-0.2, 0) is 11.2 Å². The van der Waals surface area contributed by atoms with Crippen LogP contribution in [0.2, 0.25) is 0 Å². The molecule has 2 aliphatic rings. The first kappa shape index (κ1) is 15.3. The maximum absolute atomic E-state index is 5.46. The summed E-state index contributed by atoms with van der Waals surface area (Å²) < 4.78 is 5.46. The second kappa shape index (κ2) is 7.07. The molecule has 0 amide bonds. The van der Waals surface area contributed by atoms with Gasteiger partial charge >= 0.3 is 0 Å². The molecule has 5 heteroatoms. The molecule has 0 spiro atoms. The van der Waals surface area contributed by atoms with E-state index >= 15 is 0 Å². The summed E-state index contributed by atoms with van der Waals surface area (Å²) in [6, 6.07) is 0.538. The molecule has 1 aromatic rings. The van der Waals surface area contributed by atoms with Crippen molar-refractivity contribution in [2.24, 2.45) is 0 Å². The highest BCUT2D eigenvalue weighted by Gasteiger charge is 2.27. The van der Waals surface area contributed by atoms with Crippen molar-refractivity contribution < 1.29 is 4.74 Å². The molecule has 1 N–H and O–H groups in total. The number of rotatable bonds is 5. The van der Waals surface area contributed by atoms with Crippen molar-refractivity contribution >= 4 is 16.5 Å². The van der Waals surface area contributed by atoms with E-state index in [4.69, 9.17) is 9.72 Å². The summed E-state index contributed by atoms with van der Waals surface area (Å²) in [7, 11) is 1.83. The Morgan fingerprint density at radius 2 is 2.14 bits per heavy atom. The molecule has 118 valence electrons. The van der Waals surface area contributed by atoms with Gasteiger partial charge in [-0.3, -0.25) is 0 Å². The van der Waals surface area contributed by atoms with Crippen LogP contribution in [0.15, 0.2) is 0 Å². The maximum atomic E-state index is 5.46. The van der Waals surface area contributed by atoms with Crippen molar-refractivity contribution in [1.29, 1.82) is 0 Å². The van der Waals surface area contributed by atoms with E-state index in [0.717, 1.165) is 38.9 Å². The van der Waals surface area contributed by atoms with E-state index in [0.29, 0.717) is 12.1 Å². The number of fused-ring (bicyclic) bond motifs is 1. The lowest BCUT2D eigenvalue weighted by Crippen LogP contribution is -2.36. The van der Waals surface area contributed by atoms with Gasteiger partial charge in [-0.1, -0.05) is 18.3 Å². The van der Waals surface area contributed by atoms with Crippen LogP contribution >= 0.6 is 11.3 Å². The van der Waals surface area contributed by atoms with Crippen LogP contribution in [0.4, 0.5) is 5.13 Å². The molecule has 0 bridgehead atoms. The van der Waals surface area contributed by atoms with Crippen LogP contribution in [0.1, 0.15) is 55.6 Å². The van der Waals surface area contributed by atoms with Gasteiger partial charge in [0.2, 0.25) is 0 Å². The minimum absolute atomic E-state index is 0.440. The quantitative estimate of drug-likeness (QED) is 0.907. The molecule has 0 aromatic carbocycles. The van der Waals surface area contributed by atoms with Crippen molar-refractivity contribution in [1.82, 2.24) is 10.3 Å². The van der Waals surface area contributed by atoms with E-state index in [2.05, 4.69) is 17.1 Å². The fourth-order valence-electron chi connectivity index (χ4n) is 3.34. The van der Waals surface area contributed by atoms with E-state index in [9.17, 15) is 0 Å². The van der Waals surface area contributed by atoms with Gasteiger partial charge in [-0.25, -0.2) is 4.98 Å². The number of thiazole rings is 1. The van der Waals surface area contributed by atoms with Gasteiger partial charge < -0.3 is 15.0 Å². The molecule has 21 heavy (non-hydrogen) atoms. The Morgan fingerprint density at radius 3 is 2.86 bits per heavy atom. The molecule has 0 radical (unpaired) electrons. The standard InChI is InChI=1S/C16H27N3OS/c1-3-9-17-13-5-4-6-14-15(13)21-16(18-14)19-10-7-12(20-2)8-11-19/h12-13,17H,3-11H2,1-2H3. The van der Waals surface area contributed by atoms with Crippen molar-refractivity contribution in [3.8, 4) is 0 Å². The number of piperidine rings is 1. The number of anilines is 1. The SMILES string of the molecule is CCCNC1CCCc2nc(N3CCC(OC)CC3)sc21. The van der Waals surface area contributed by atoms with E-state index in [1.807, 2.05) is 18.4 Å². The Morgan fingerprint density at radius 1 is 1.33 bits per heavy atom. The van der Waals surface area contributed by atoms with Gasteiger partial charge in [0.05, 0.1) is 11.8 Å². The van der Waals surface area contributed by atoms with Crippen LogP contribution in [0.5, 0.6) is 0 Å². The maximum Gasteiger partial charge on any atom is 0.185 e. The average molecular weight is 309 g/mol. The Kier molecular flexibility index (Phi) is 5.14. The number of aromatic nitrogens is 1. The summed E-state index contributed by atoms with van der Waals surface area (Å²) in [5.41, 5.74) is 1.35. The topological polar surface area (TPSA) is 37.4 Å². The number of hydrogen-bond donors (Lipinski definition) is 1. The van der Waals surface area contributed by atoms with Crippen LogP contribution in [-0.4, -0.2) is 37.8 Å². The fourth-order valence-corrected chi connectivity index (χ4v) is 4.61. The van der Waals surface area contributed by atoms with E-state index in [1.165, 1.54) is 35.0 Å².